The Morgan fingerprint density at radius 2 is 1.19 bits per heavy atom. The second kappa shape index (κ2) is 8.57. The van der Waals surface area contributed by atoms with Crippen molar-refractivity contribution in [3.05, 3.63) is 112 Å². The van der Waals surface area contributed by atoms with Gasteiger partial charge in [0.1, 0.15) is 17.2 Å². The summed E-state index contributed by atoms with van der Waals surface area (Å²) in [6.07, 6.45) is 1.20. The van der Waals surface area contributed by atoms with E-state index >= 15 is 0 Å². The van der Waals surface area contributed by atoms with Gasteiger partial charge in [-0.2, -0.15) is 0 Å². The molecule has 0 aliphatic heterocycles. The van der Waals surface area contributed by atoms with E-state index in [0.717, 1.165) is 44.5 Å². The van der Waals surface area contributed by atoms with Crippen molar-refractivity contribution in [1.82, 2.24) is 0 Å². The Bertz CT molecular complexity index is 1230. The monoisotopic (exact) mass is 410 g/mol. The molecule has 0 heterocycles. The van der Waals surface area contributed by atoms with Crippen LogP contribution in [0, 0.1) is 13.8 Å². The van der Waals surface area contributed by atoms with E-state index in [1.807, 2.05) is 74.5 Å². The van der Waals surface area contributed by atoms with Crippen molar-refractivity contribution < 1.29 is 15.3 Å². The molecule has 0 aliphatic carbocycles. The lowest BCUT2D eigenvalue weighted by molar-refractivity contribution is 0.469. The zero-order valence-corrected chi connectivity index (χ0v) is 17.8. The maximum absolute atomic E-state index is 11.3. The summed E-state index contributed by atoms with van der Waals surface area (Å²) in [5.74, 6) is 0.835. The second-order valence-corrected chi connectivity index (χ2v) is 8.06. The summed E-state index contributed by atoms with van der Waals surface area (Å²) in [6, 6.07) is 25.1. The molecule has 0 saturated carbocycles. The maximum Gasteiger partial charge on any atom is 0.127 e. The minimum absolute atomic E-state index is 0.269. The first-order valence-electron chi connectivity index (χ1n) is 10.4. The van der Waals surface area contributed by atoms with Crippen LogP contribution in [-0.4, -0.2) is 15.3 Å². The van der Waals surface area contributed by atoms with Crippen molar-refractivity contribution in [1.29, 1.82) is 0 Å². The standard InChI is InChI=1S/C28H26O3/c1-18-14-20(8-12-26(18)29)16-23-10-11-24(22-6-4-3-5-7-22)28(31)25(23)17-21-9-13-27(30)19(2)15-21/h3-15,29-31H,16-17H2,1-2H3. The van der Waals surface area contributed by atoms with Gasteiger partial charge in [-0.05, 0) is 65.8 Å². The number of phenolic OH excluding ortho intramolecular Hbond substituents is 3. The first-order valence-corrected chi connectivity index (χ1v) is 10.4. The van der Waals surface area contributed by atoms with E-state index in [2.05, 4.69) is 6.07 Å². The zero-order chi connectivity index (χ0) is 22.0. The summed E-state index contributed by atoms with van der Waals surface area (Å²) in [7, 11) is 0. The maximum atomic E-state index is 11.3. The Morgan fingerprint density at radius 3 is 1.77 bits per heavy atom. The summed E-state index contributed by atoms with van der Waals surface area (Å²) in [6.45, 7) is 3.76. The van der Waals surface area contributed by atoms with Crippen molar-refractivity contribution in [3.63, 3.8) is 0 Å². The molecule has 0 radical (unpaired) electrons. The highest BCUT2D eigenvalue weighted by Gasteiger charge is 2.16. The van der Waals surface area contributed by atoms with Crippen LogP contribution in [0.4, 0.5) is 0 Å². The molecule has 0 spiro atoms. The predicted molar refractivity (Wildman–Crippen MR) is 125 cm³/mol. The van der Waals surface area contributed by atoms with E-state index in [1.165, 1.54) is 0 Å². The Labute approximate surface area is 182 Å². The zero-order valence-electron chi connectivity index (χ0n) is 17.8. The summed E-state index contributed by atoms with van der Waals surface area (Å²) in [4.78, 5) is 0. The van der Waals surface area contributed by atoms with Crippen molar-refractivity contribution in [3.8, 4) is 28.4 Å². The van der Waals surface area contributed by atoms with Crippen LogP contribution in [-0.2, 0) is 12.8 Å². The lowest BCUT2D eigenvalue weighted by Crippen LogP contribution is -2.00. The van der Waals surface area contributed by atoms with Crippen molar-refractivity contribution in [2.24, 2.45) is 0 Å². The van der Waals surface area contributed by atoms with Gasteiger partial charge in [-0.15, -0.1) is 0 Å². The molecular weight excluding hydrogens is 384 g/mol. The molecule has 4 aromatic carbocycles. The van der Waals surface area contributed by atoms with E-state index in [9.17, 15) is 15.3 Å². The van der Waals surface area contributed by atoms with Gasteiger partial charge in [0.15, 0.2) is 0 Å². The molecule has 0 aliphatic rings. The summed E-state index contributed by atoms with van der Waals surface area (Å²) >= 11 is 0. The van der Waals surface area contributed by atoms with Crippen LogP contribution >= 0.6 is 0 Å². The molecule has 0 bridgehead atoms. The van der Waals surface area contributed by atoms with Gasteiger partial charge >= 0.3 is 0 Å². The van der Waals surface area contributed by atoms with Gasteiger partial charge in [0.25, 0.3) is 0 Å². The second-order valence-electron chi connectivity index (χ2n) is 8.06. The molecule has 31 heavy (non-hydrogen) atoms. The van der Waals surface area contributed by atoms with Crippen molar-refractivity contribution in [2.45, 2.75) is 26.7 Å². The largest absolute Gasteiger partial charge is 0.508 e. The SMILES string of the molecule is Cc1cc(Cc2ccc(-c3ccccc3)c(O)c2Cc2ccc(O)c(C)c2)ccc1O. The fourth-order valence-electron chi connectivity index (χ4n) is 3.97. The molecule has 3 heteroatoms. The van der Waals surface area contributed by atoms with E-state index in [4.69, 9.17) is 0 Å². The third kappa shape index (κ3) is 4.41. The molecule has 3 nitrogen and oxygen atoms in total. The fourth-order valence-corrected chi connectivity index (χ4v) is 3.97. The predicted octanol–water partition coefficient (Wildman–Crippen LogP) is 6.27. The smallest absolute Gasteiger partial charge is 0.127 e. The highest BCUT2D eigenvalue weighted by molar-refractivity contribution is 5.73. The van der Waals surface area contributed by atoms with Gasteiger partial charge < -0.3 is 15.3 Å². The number of rotatable bonds is 5. The lowest BCUT2D eigenvalue weighted by atomic mass is 9.90. The molecule has 0 aromatic heterocycles. The minimum atomic E-state index is 0.269. The number of aromatic hydroxyl groups is 3. The molecule has 0 atom stereocenters. The van der Waals surface area contributed by atoms with Crippen LogP contribution in [0.5, 0.6) is 17.2 Å². The highest BCUT2D eigenvalue weighted by Crippen LogP contribution is 2.37. The third-order valence-electron chi connectivity index (χ3n) is 5.76. The van der Waals surface area contributed by atoms with Crippen LogP contribution < -0.4 is 0 Å². The average molecular weight is 411 g/mol. The third-order valence-corrected chi connectivity index (χ3v) is 5.76. The van der Waals surface area contributed by atoms with E-state index in [0.29, 0.717) is 12.8 Å². The molecule has 4 rings (SSSR count). The quantitative estimate of drug-likeness (QED) is 0.363. The molecule has 0 amide bonds. The van der Waals surface area contributed by atoms with Gasteiger partial charge in [0.05, 0.1) is 0 Å². The van der Waals surface area contributed by atoms with Crippen LogP contribution in [0.3, 0.4) is 0 Å². The van der Waals surface area contributed by atoms with Gasteiger partial charge in [-0.25, -0.2) is 0 Å². The van der Waals surface area contributed by atoms with Gasteiger partial charge in [0, 0.05) is 17.5 Å². The number of hydrogen-bond donors (Lipinski definition) is 3. The number of benzene rings is 4. The van der Waals surface area contributed by atoms with Crippen LogP contribution in [0.25, 0.3) is 11.1 Å². The molecule has 156 valence electrons. The first kappa shape index (κ1) is 20.5. The Kier molecular flexibility index (Phi) is 5.68. The normalized spacial score (nSPS) is 10.9. The summed E-state index contributed by atoms with van der Waals surface area (Å²) in [5.41, 5.74) is 7.42. The van der Waals surface area contributed by atoms with Crippen LogP contribution in [0.15, 0.2) is 78.9 Å². The van der Waals surface area contributed by atoms with E-state index < -0.39 is 0 Å². The molecule has 0 unspecified atom stereocenters. The average Bonchev–Trinajstić information content (AvgIpc) is 2.76. The van der Waals surface area contributed by atoms with Crippen LogP contribution in [0.2, 0.25) is 0 Å². The molecule has 0 fully saturated rings. The highest BCUT2D eigenvalue weighted by atomic mass is 16.3. The lowest BCUT2D eigenvalue weighted by Gasteiger charge is -2.17. The topological polar surface area (TPSA) is 60.7 Å². The summed E-state index contributed by atoms with van der Waals surface area (Å²) < 4.78 is 0. The molecule has 0 saturated heterocycles. The van der Waals surface area contributed by atoms with Crippen LogP contribution in [0.1, 0.15) is 33.4 Å². The molecular formula is C28H26O3. The number of phenols is 3. The summed E-state index contributed by atoms with van der Waals surface area (Å²) in [5, 5.41) is 31.0. The minimum Gasteiger partial charge on any atom is -0.508 e. The fraction of sp³-hybridized carbons (Fsp3) is 0.143. The van der Waals surface area contributed by atoms with Gasteiger partial charge in [-0.1, -0.05) is 66.7 Å². The van der Waals surface area contributed by atoms with Gasteiger partial charge in [0.2, 0.25) is 0 Å². The van der Waals surface area contributed by atoms with Crippen molar-refractivity contribution >= 4 is 0 Å². The Morgan fingerprint density at radius 1 is 0.613 bits per heavy atom. The number of hydrogen-bond acceptors (Lipinski definition) is 3. The Balaban J connectivity index is 1.80. The molecule has 3 N–H and O–H groups in total. The van der Waals surface area contributed by atoms with E-state index in [1.54, 1.807) is 12.1 Å². The van der Waals surface area contributed by atoms with Crippen molar-refractivity contribution in [2.75, 3.05) is 0 Å². The Hall–Kier alpha value is -3.72. The van der Waals surface area contributed by atoms with Gasteiger partial charge in [-0.3, -0.25) is 0 Å². The number of aryl methyl sites for hydroxylation is 2. The molecule has 4 aromatic rings. The first-order chi connectivity index (χ1) is 14.9. The van der Waals surface area contributed by atoms with E-state index in [-0.39, 0.29) is 17.2 Å².